The van der Waals surface area contributed by atoms with Gasteiger partial charge in [0.2, 0.25) is 0 Å². The van der Waals surface area contributed by atoms with Crippen molar-refractivity contribution in [2.75, 3.05) is 0 Å². The maximum absolute atomic E-state index is 13.3. The number of aromatic amines is 2. The minimum Gasteiger partial charge on any atom is -0.360 e. The van der Waals surface area contributed by atoms with Crippen molar-refractivity contribution in [1.29, 1.82) is 5.26 Å². The van der Waals surface area contributed by atoms with Gasteiger partial charge in [0, 0.05) is 22.7 Å². The number of imidazole rings is 1. The van der Waals surface area contributed by atoms with Crippen molar-refractivity contribution < 1.29 is 4.39 Å². The lowest BCUT2D eigenvalue weighted by atomic mass is 10.0. The molecule has 2 aromatic carbocycles. The zero-order chi connectivity index (χ0) is 15.1. The Kier molecular flexibility index (Phi) is 2.70. The van der Waals surface area contributed by atoms with Crippen LogP contribution in [0.3, 0.4) is 0 Å². The van der Waals surface area contributed by atoms with Gasteiger partial charge in [-0.15, -0.1) is 0 Å². The number of nitrogens with zero attached hydrogens (tertiary/aromatic N) is 2. The minimum atomic E-state index is -0.258. The van der Waals surface area contributed by atoms with Crippen LogP contribution in [0.15, 0.2) is 42.6 Å². The maximum atomic E-state index is 13.3. The zero-order valence-electron chi connectivity index (χ0n) is 11.5. The molecule has 2 N–H and O–H groups in total. The molecule has 2 heterocycles. The van der Waals surface area contributed by atoms with E-state index in [2.05, 4.69) is 21.0 Å². The van der Waals surface area contributed by atoms with Crippen molar-refractivity contribution in [3.05, 3.63) is 54.2 Å². The van der Waals surface area contributed by atoms with Gasteiger partial charge in [-0.25, -0.2) is 9.37 Å². The number of benzene rings is 2. The molecule has 0 amide bonds. The normalized spacial score (nSPS) is 11.1. The van der Waals surface area contributed by atoms with Gasteiger partial charge in [0.05, 0.1) is 23.5 Å². The topological polar surface area (TPSA) is 68.3 Å². The van der Waals surface area contributed by atoms with Gasteiger partial charge in [-0.1, -0.05) is 6.07 Å². The molecule has 0 aliphatic carbocycles. The molecule has 0 unspecified atom stereocenters. The van der Waals surface area contributed by atoms with Crippen LogP contribution in [0.5, 0.6) is 0 Å². The van der Waals surface area contributed by atoms with E-state index < -0.39 is 0 Å². The second-order valence-electron chi connectivity index (χ2n) is 5.14. The van der Waals surface area contributed by atoms with E-state index in [9.17, 15) is 4.39 Å². The van der Waals surface area contributed by atoms with Crippen molar-refractivity contribution in [1.82, 2.24) is 15.0 Å². The highest BCUT2D eigenvalue weighted by Gasteiger charge is 2.09. The molecule has 106 valence electrons. The first kappa shape index (κ1) is 12.6. The third-order valence-electron chi connectivity index (χ3n) is 3.73. The highest BCUT2D eigenvalue weighted by atomic mass is 19.1. The Bertz CT molecular complexity index is 1040. The summed E-state index contributed by atoms with van der Waals surface area (Å²) >= 11 is 0. The van der Waals surface area contributed by atoms with Gasteiger partial charge in [0.15, 0.2) is 0 Å². The fourth-order valence-electron chi connectivity index (χ4n) is 2.73. The van der Waals surface area contributed by atoms with E-state index >= 15 is 0 Å². The Morgan fingerprint density at radius 1 is 1.14 bits per heavy atom. The Morgan fingerprint density at radius 3 is 2.91 bits per heavy atom. The smallest absolute Gasteiger partial charge is 0.125 e. The molecule has 0 radical (unpaired) electrons. The largest absolute Gasteiger partial charge is 0.360 e. The lowest BCUT2D eigenvalue weighted by Gasteiger charge is -2.00. The van der Waals surface area contributed by atoms with Crippen LogP contribution in [0.1, 0.15) is 5.82 Å². The van der Waals surface area contributed by atoms with Gasteiger partial charge < -0.3 is 9.97 Å². The number of fused-ring (bicyclic) bond motifs is 2. The summed E-state index contributed by atoms with van der Waals surface area (Å²) < 4.78 is 13.3. The van der Waals surface area contributed by atoms with Crippen LogP contribution in [0, 0.1) is 17.1 Å². The van der Waals surface area contributed by atoms with Crippen LogP contribution in [0.4, 0.5) is 4.39 Å². The van der Waals surface area contributed by atoms with Gasteiger partial charge in [-0.05, 0) is 35.9 Å². The monoisotopic (exact) mass is 290 g/mol. The molecule has 0 fully saturated rings. The summed E-state index contributed by atoms with van der Waals surface area (Å²) in [6.07, 6.45) is 2.13. The average Bonchev–Trinajstić information content (AvgIpc) is 3.09. The van der Waals surface area contributed by atoms with Crippen molar-refractivity contribution in [3.8, 4) is 17.2 Å². The Morgan fingerprint density at radius 2 is 2.05 bits per heavy atom. The van der Waals surface area contributed by atoms with Crippen LogP contribution in [-0.4, -0.2) is 15.0 Å². The molecule has 0 spiro atoms. The number of aromatic nitrogens is 3. The number of rotatable bonds is 2. The van der Waals surface area contributed by atoms with Crippen LogP contribution >= 0.6 is 0 Å². The lowest BCUT2D eigenvalue weighted by molar-refractivity contribution is 0.629. The molecule has 4 rings (SSSR count). The van der Waals surface area contributed by atoms with Gasteiger partial charge in [0.25, 0.3) is 0 Å². The first-order valence-electron chi connectivity index (χ1n) is 6.87. The third-order valence-corrected chi connectivity index (χ3v) is 3.73. The van der Waals surface area contributed by atoms with Crippen LogP contribution < -0.4 is 0 Å². The zero-order valence-corrected chi connectivity index (χ0v) is 11.5. The second-order valence-corrected chi connectivity index (χ2v) is 5.14. The predicted molar refractivity (Wildman–Crippen MR) is 82.7 cm³/mol. The molecule has 5 heteroatoms. The van der Waals surface area contributed by atoms with Crippen molar-refractivity contribution in [3.63, 3.8) is 0 Å². The SMILES string of the molecule is N#CCc1nc2ccc(-c3c[nH]c4cc(F)ccc34)cc2[nH]1. The number of hydrogen-bond acceptors (Lipinski definition) is 2. The fraction of sp³-hybridized carbons (Fsp3) is 0.0588. The minimum absolute atomic E-state index is 0.258. The molecular formula is C17H11FN4. The summed E-state index contributed by atoms with van der Waals surface area (Å²) in [7, 11) is 0. The van der Waals surface area contributed by atoms with Crippen molar-refractivity contribution in [2.45, 2.75) is 6.42 Å². The number of nitrogens with one attached hydrogen (secondary N) is 2. The van der Waals surface area contributed by atoms with Gasteiger partial charge in [-0.2, -0.15) is 5.26 Å². The highest BCUT2D eigenvalue weighted by molar-refractivity contribution is 5.97. The number of H-pyrrole nitrogens is 2. The molecule has 0 bridgehead atoms. The van der Waals surface area contributed by atoms with E-state index in [1.54, 1.807) is 6.07 Å². The summed E-state index contributed by atoms with van der Waals surface area (Å²) in [6, 6.07) is 12.7. The number of nitriles is 1. The molecule has 22 heavy (non-hydrogen) atoms. The first-order valence-corrected chi connectivity index (χ1v) is 6.87. The standard InChI is InChI=1S/C17H11FN4/c18-11-2-3-12-13(9-20-15(12)8-11)10-1-4-14-16(7-10)22-17(21-14)5-6-19/h1-4,7-9,20H,5H2,(H,21,22). The summed E-state index contributed by atoms with van der Waals surface area (Å²) in [6.45, 7) is 0. The Balaban J connectivity index is 1.87. The molecule has 4 aromatic rings. The van der Waals surface area contributed by atoms with Crippen LogP contribution in [-0.2, 0) is 6.42 Å². The lowest BCUT2D eigenvalue weighted by Crippen LogP contribution is -1.82. The third kappa shape index (κ3) is 1.93. The van der Waals surface area contributed by atoms with Gasteiger partial charge in [0.1, 0.15) is 11.6 Å². The first-order chi connectivity index (χ1) is 10.7. The van der Waals surface area contributed by atoms with E-state index in [1.165, 1.54) is 12.1 Å². The van der Waals surface area contributed by atoms with E-state index in [-0.39, 0.29) is 12.2 Å². The molecule has 2 aromatic heterocycles. The molecule has 4 nitrogen and oxygen atoms in total. The summed E-state index contributed by atoms with van der Waals surface area (Å²) in [5.41, 5.74) is 4.51. The fourth-order valence-corrected chi connectivity index (χ4v) is 2.73. The molecule has 0 saturated carbocycles. The predicted octanol–water partition coefficient (Wildman–Crippen LogP) is 3.92. The summed E-state index contributed by atoms with van der Waals surface area (Å²) in [5, 5.41) is 9.72. The highest BCUT2D eigenvalue weighted by Crippen LogP contribution is 2.30. The molecular weight excluding hydrogens is 279 g/mol. The summed E-state index contributed by atoms with van der Waals surface area (Å²) in [5.74, 6) is 0.404. The van der Waals surface area contributed by atoms with E-state index in [0.29, 0.717) is 5.82 Å². The van der Waals surface area contributed by atoms with Crippen LogP contribution in [0.25, 0.3) is 33.1 Å². The van der Waals surface area contributed by atoms with E-state index in [0.717, 1.165) is 33.1 Å². The Labute approximate surface area is 125 Å². The Hall–Kier alpha value is -3.13. The quantitative estimate of drug-likeness (QED) is 0.587. The van der Waals surface area contributed by atoms with E-state index in [4.69, 9.17) is 5.26 Å². The second kappa shape index (κ2) is 4.71. The average molecular weight is 290 g/mol. The molecule has 0 atom stereocenters. The molecule has 0 aliphatic rings. The van der Waals surface area contributed by atoms with Crippen molar-refractivity contribution >= 4 is 21.9 Å². The molecule has 0 aliphatic heterocycles. The van der Waals surface area contributed by atoms with E-state index in [1.807, 2.05) is 24.4 Å². The molecule has 0 saturated heterocycles. The van der Waals surface area contributed by atoms with Crippen molar-refractivity contribution in [2.24, 2.45) is 0 Å². The van der Waals surface area contributed by atoms with Gasteiger partial charge >= 0.3 is 0 Å². The van der Waals surface area contributed by atoms with Gasteiger partial charge in [-0.3, -0.25) is 0 Å². The number of halogens is 1. The summed E-state index contributed by atoms with van der Waals surface area (Å²) in [4.78, 5) is 10.6. The maximum Gasteiger partial charge on any atom is 0.125 e. The van der Waals surface area contributed by atoms with Crippen LogP contribution in [0.2, 0.25) is 0 Å². The number of hydrogen-bond donors (Lipinski definition) is 2.